The lowest BCUT2D eigenvalue weighted by Gasteiger charge is -2.35. The molecule has 96 valence electrons. The van der Waals surface area contributed by atoms with Gasteiger partial charge in [0.15, 0.2) is 0 Å². The van der Waals surface area contributed by atoms with Crippen LogP contribution in [0.1, 0.15) is 42.8 Å². The molecule has 0 spiro atoms. The molecule has 4 heteroatoms. The van der Waals surface area contributed by atoms with Crippen LogP contribution in [0, 0.1) is 12.3 Å². The summed E-state index contributed by atoms with van der Waals surface area (Å²) in [4.78, 5) is 4.46. The Hall–Kier alpha value is -0.120. The van der Waals surface area contributed by atoms with Crippen molar-refractivity contribution in [2.45, 2.75) is 45.6 Å². The van der Waals surface area contributed by atoms with Crippen LogP contribution in [-0.2, 0) is 6.54 Å². The molecule has 0 aliphatic heterocycles. The number of thiazole rings is 1. The van der Waals surface area contributed by atoms with Crippen molar-refractivity contribution in [2.75, 3.05) is 12.4 Å². The smallest absolute Gasteiger partial charge is 0.0897 e. The molecule has 1 aromatic heterocycles. The van der Waals surface area contributed by atoms with Gasteiger partial charge in [-0.05, 0) is 25.2 Å². The zero-order valence-electron chi connectivity index (χ0n) is 10.5. The molecule has 2 nitrogen and oxygen atoms in total. The maximum atomic E-state index is 6.17. The van der Waals surface area contributed by atoms with Gasteiger partial charge in [0.05, 0.1) is 10.7 Å². The molecule has 1 aromatic rings. The van der Waals surface area contributed by atoms with Gasteiger partial charge in [-0.15, -0.1) is 22.9 Å². The first kappa shape index (κ1) is 13.3. The lowest BCUT2D eigenvalue weighted by molar-refractivity contribution is 0.212. The highest BCUT2D eigenvalue weighted by Crippen LogP contribution is 2.36. The Bertz CT molecular complexity index is 345. The van der Waals surface area contributed by atoms with Crippen molar-refractivity contribution in [3.05, 3.63) is 16.1 Å². The average Bonchev–Trinajstić information content (AvgIpc) is 2.76. The van der Waals surface area contributed by atoms with E-state index in [1.54, 1.807) is 11.3 Å². The number of aryl methyl sites for hydroxylation is 1. The average molecular weight is 273 g/mol. The Morgan fingerprint density at radius 2 is 2.18 bits per heavy atom. The van der Waals surface area contributed by atoms with Crippen LogP contribution in [0.25, 0.3) is 0 Å². The van der Waals surface area contributed by atoms with E-state index in [0.717, 1.165) is 29.7 Å². The molecule has 0 aromatic carbocycles. The number of nitrogens with zero attached hydrogens (tertiary/aromatic N) is 1. The van der Waals surface area contributed by atoms with Gasteiger partial charge < -0.3 is 5.32 Å². The van der Waals surface area contributed by atoms with Crippen molar-refractivity contribution in [1.82, 2.24) is 10.3 Å². The van der Waals surface area contributed by atoms with Gasteiger partial charge in [-0.3, -0.25) is 0 Å². The third-order valence-corrected chi connectivity index (χ3v) is 5.06. The Kier molecular flexibility index (Phi) is 4.83. The van der Waals surface area contributed by atoms with E-state index < -0.39 is 0 Å². The fourth-order valence-corrected chi connectivity index (χ4v) is 3.58. The van der Waals surface area contributed by atoms with Crippen molar-refractivity contribution < 1.29 is 0 Å². The van der Waals surface area contributed by atoms with Gasteiger partial charge >= 0.3 is 0 Å². The molecule has 0 atom stereocenters. The normalized spacial score (nSPS) is 19.4. The van der Waals surface area contributed by atoms with Crippen molar-refractivity contribution in [3.8, 4) is 0 Å². The fourth-order valence-electron chi connectivity index (χ4n) is 2.60. The van der Waals surface area contributed by atoms with E-state index >= 15 is 0 Å². The summed E-state index contributed by atoms with van der Waals surface area (Å²) in [6.07, 6.45) is 6.61. The molecule has 0 amide bonds. The van der Waals surface area contributed by atoms with E-state index in [-0.39, 0.29) is 0 Å². The number of aromatic nitrogens is 1. The van der Waals surface area contributed by atoms with Gasteiger partial charge in [0.25, 0.3) is 0 Å². The van der Waals surface area contributed by atoms with E-state index in [0.29, 0.717) is 5.41 Å². The lowest BCUT2D eigenvalue weighted by Crippen LogP contribution is -2.37. The van der Waals surface area contributed by atoms with Crippen LogP contribution in [-0.4, -0.2) is 17.4 Å². The number of hydrogen-bond donors (Lipinski definition) is 1. The van der Waals surface area contributed by atoms with Gasteiger partial charge in [0, 0.05) is 24.3 Å². The van der Waals surface area contributed by atoms with Gasteiger partial charge in [-0.25, -0.2) is 4.98 Å². The second kappa shape index (κ2) is 6.17. The number of hydrogen-bond acceptors (Lipinski definition) is 3. The minimum absolute atomic E-state index is 0.338. The molecule has 17 heavy (non-hydrogen) atoms. The summed E-state index contributed by atoms with van der Waals surface area (Å²) >= 11 is 7.89. The number of rotatable bonds is 5. The van der Waals surface area contributed by atoms with Crippen LogP contribution < -0.4 is 5.32 Å². The molecule has 0 saturated heterocycles. The standard InChI is InChI=1S/C13H21ClN2S/c1-11-16-12(8-17-11)7-15-10-13(9-14)5-3-2-4-6-13/h8,15H,2-7,9-10H2,1H3. The van der Waals surface area contributed by atoms with Crippen LogP contribution in [0.2, 0.25) is 0 Å². The van der Waals surface area contributed by atoms with Crippen LogP contribution in [0.3, 0.4) is 0 Å². The van der Waals surface area contributed by atoms with Crippen LogP contribution in [0.4, 0.5) is 0 Å². The minimum atomic E-state index is 0.338. The molecule has 1 aliphatic carbocycles. The first-order valence-electron chi connectivity index (χ1n) is 6.42. The molecule has 1 fully saturated rings. The first-order valence-corrected chi connectivity index (χ1v) is 7.83. The molecule has 1 N–H and O–H groups in total. The topological polar surface area (TPSA) is 24.9 Å². The summed E-state index contributed by atoms with van der Waals surface area (Å²) in [5, 5.41) is 6.82. The van der Waals surface area contributed by atoms with Crippen LogP contribution in [0.5, 0.6) is 0 Å². The maximum Gasteiger partial charge on any atom is 0.0897 e. The molecule has 1 saturated carbocycles. The molecule has 2 rings (SSSR count). The largest absolute Gasteiger partial charge is 0.311 e. The zero-order valence-corrected chi connectivity index (χ0v) is 12.0. The van der Waals surface area contributed by atoms with E-state index in [1.165, 1.54) is 32.1 Å². The second-order valence-electron chi connectivity index (χ2n) is 5.16. The summed E-state index contributed by atoms with van der Waals surface area (Å²) in [6.45, 7) is 3.96. The molecule has 0 radical (unpaired) electrons. The molecular weight excluding hydrogens is 252 g/mol. The Morgan fingerprint density at radius 1 is 1.41 bits per heavy atom. The number of halogens is 1. The number of nitrogens with one attached hydrogen (secondary N) is 1. The molecule has 1 aliphatic rings. The summed E-state index contributed by atoms with van der Waals surface area (Å²) < 4.78 is 0. The number of alkyl halides is 1. The molecule has 0 bridgehead atoms. The molecule has 0 unspecified atom stereocenters. The first-order chi connectivity index (χ1) is 8.24. The zero-order chi connectivity index (χ0) is 12.1. The quantitative estimate of drug-likeness (QED) is 0.826. The minimum Gasteiger partial charge on any atom is -0.311 e. The predicted octanol–water partition coefficient (Wildman–Crippen LogP) is 3.73. The second-order valence-corrected chi connectivity index (χ2v) is 6.49. The summed E-state index contributed by atoms with van der Waals surface area (Å²) in [6, 6.07) is 0. The predicted molar refractivity (Wildman–Crippen MR) is 74.8 cm³/mol. The third-order valence-electron chi connectivity index (χ3n) is 3.67. The van der Waals surface area contributed by atoms with Crippen molar-refractivity contribution in [2.24, 2.45) is 5.41 Å². The van der Waals surface area contributed by atoms with Gasteiger partial charge in [0.2, 0.25) is 0 Å². The highest BCUT2D eigenvalue weighted by molar-refractivity contribution is 7.09. The van der Waals surface area contributed by atoms with Crippen LogP contribution >= 0.6 is 22.9 Å². The van der Waals surface area contributed by atoms with Crippen LogP contribution in [0.15, 0.2) is 5.38 Å². The monoisotopic (exact) mass is 272 g/mol. The molecule has 1 heterocycles. The Balaban J connectivity index is 1.79. The van der Waals surface area contributed by atoms with Gasteiger partial charge in [0.1, 0.15) is 0 Å². The van der Waals surface area contributed by atoms with E-state index in [4.69, 9.17) is 11.6 Å². The third kappa shape index (κ3) is 3.67. The fraction of sp³-hybridized carbons (Fsp3) is 0.769. The van der Waals surface area contributed by atoms with E-state index in [1.807, 2.05) is 0 Å². The SMILES string of the molecule is Cc1nc(CNCC2(CCl)CCCCC2)cs1. The highest BCUT2D eigenvalue weighted by atomic mass is 35.5. The van der Waals surface area contributed by atoms with E-state index in [2.05, 4.69) is 22.6 Å². The van der Waals surface area contributed by atoms with Gasteiger partial charge in [-0.1, -0.05) is 19.3 Å². The Morgan fingerprint density at radius 3 is 2.76 bits per heavy atom. The maximum absolute atomic E-state index is 6.17. The van der Waals surface area contributed by atoms with Crippen molar-refractivity contribution in [3.63, 3.8) is 0 Å². The van der Waals surface area contributed by atoms with E-state index in [9.17, 15) is 0 Å². The summed E-state index contributed by atoms with van der Waals surface area (Å²) in [7, 11) is 0. The molecular formula is C13H21ClN2S. The van der Waals surface area contributed by atoms with Gasteiger partial charge in [-0.2, -0.15) is 0 Å². The lowest BCUT2D eigenvalue weighted by atomic mass is 9.75. The highest BCUT2D eigenvalue weighted by Gasteiger charge is 2.30. The summed E-state index contributed by atoms with van der Waals surface area (Å²) in [5.41, 5.74) is 1.50. The Labute approximate surface area is 113 Å². The van der Waals surface area contributed by atoms with Crippen molar-refractivity contribution in [1.29, 1.82) is 0 Å². The van der Waals surface area contributed by atoms with Crippen molar-refractivity contribution >= 4 is 22.9 Å². The summed E-state index contributed by atoms with van der Waals surface area (Å²) in [5.74, 6) is 0.788.